The third-order valence-electron chi connectivity index (χ3n) is 6.01. The summed E-state index contributed by atoms with van der Waals surface area (Å²) in [5.74, 6) is -0.144. The standard InChI is InChI=1S/C26H25FN4O2/c27-22-8-5-19(6-9-22)15-20-7-10-23(28-16-20)25-18-30(13-14-33-25)26(32)11-12-31-24-4-2-1-3-21(24)17-29-31/h1-10,16-17,25H,11-15,18H2/t25-/m0/s1. The number of ether oxygens (including phenoxy) is 1. The molecule has 2 aromatic carbocycles. The molecule has 1 atom stereocenters. The molecule has 1 amide bonds. The Hall–Kier alpha value is -3.58. The third-order valence-corrected chi connectivity index (χ3v) is 6.01. The fourth-order valence-corrected chi connectivity index (χ4v) is 4.19. The van der Waals surface area contributed by atoms with Crippen LogP contribution >= 0.6 is 0 Å². The molecular weight excluding hydrogens is 419 g/mol. The van der Waals surface area contributed by atoms with Crippen LogP contribution < -0.4 is 0 Å². The summed E-state index contributed by atoms with van der Waals surface area (Å²) < 4.78 is 20.9. The van der Waals surface area contributed by atoms with E-state index in [-0.39, 0.29) is 17.8 Å². The third kappa shape index (κ3) is 4.93. The number of nitrogens with zero attached hydrogens (tertiary/aromatic N) is 4. The van der Waals surface area contributed by atoms with Crippen LogP contribution in [0.1, 0.15) is 29.3 Å². The average Bonchev–Trinajstić information content (AvgIpc) is 3.28. The number of pyridine rings is 1. The summed E-state index contributed by atoms with van der Waals surface area (Å²) in [7, 11) is 0. The van der Waals surface area contributed by atoms with Gasteiger partial charge in [0, 0.05) is 24.5 Å². The normalized spacial score (nSPS) is 16.3. The lowest BCUT2D eigenvalue weighted by Gasteiger charge is -2.32. The number of carbonyl (C=O) groups excluding carboxylic acids is 1. The molecule has 0 spiro atoms. The summed E-state index contributed by atoms with van der Waals surface area (Å²) in [5.41, 5.74) is 3.92. The molecule has 1 aliphatic heterocycles. The minimum atomic E-state index is -0.242. The van der Waals surface area contributed by atoms with Gasteiger partial charge in [-0.05, 0) is 41.8 Å². The van der Waals surface area contributed by atoms with Crippen LogP contribution in [0.2, 0.25) is 0 Å². The lowest BCUT2D eigenvalue weighted by Crippen LogP contribution is -2.42. The Labute approximate surface area is 191 Å². The smallest absolute Gasteiger partial charge is 0.224 e. The molecule has 1 aliphatic rings. The van der Waals surface area contributed by atoms with E-state index in [0.29, 0.717) is 39.1 Å². The number of aryl methyl sites for hydroxylation is 1. The molecule has 7 heteroatoms. The molecule has 0 aliphatic carbocycles. The van der Waals surface area contributed by atoms with Crippen molar-refractivity contribution >= 4 is 16.8 Å². The van der Waals surface area contributed by atoms with E-state index in [1.807, 2.05) is 58.4 Å². The number of rotatable bonds is 6. The highest BCUT2D eigenvalue weighted by molar-refractivity contribution is 5.79. The van der Waals surface area contributed by atoms with Crippen molar-refractivity contribution in [3.8, 4) is 0 Å². The van der Waals surface area contributed by atoms with Crippen molar-refractivity contribution in [2.75, 3.05) is 19.7 Å². The number of halogens is 1. The van der Waals surface area contributed by atoms with Crippen molar-refractivity contribution in [2.45, 2.75) is 25.5 Å². The van der Waals surface area contributed by atoms with E-state index < -0.39 is 0 Å². The number of fused-ring (bicyclic) bond motifs is 1. The van der Waals surface area contributed by atoms with E-state index in [4.69, 9.17) is 4.74 Å². The first-order valence-corrected chi connectivity index (χ1v) is 11.1. The largest absolute Gasteiger partial charge is 0.368 e. The quantitative estimate of drug-likeness (QED) is 0.448. The molecule has 0 unspecified atom stereocenters. The monoisotopic (exact) mass is 444 g/mol. The molecule has 4 aromatic rings. The van der Waals surface area contributed by atoms with Gasteiger partial charge in [0.25, 0.3) is 0 Å². The lowest BCUT2D eigenvalue weighted by atomic mass is 10.1. The Bertz CT molecular complexity index is 1240. The molecule has 1 saturated heterocycles. The van der Waals surface area contributed by atoms with Crippen LogP contribution in [-0.4, -0.2) is 45.3 Å². The van der Waals surface area contributed by atoms with E-state index in [0.717, 1.165) is 27.7 Å². The molecule has 0 N–H and O–H groups in total. The number of amides is 1. The van der Waals surface area contributed by atoms with Crippen molar-refractivity contribution in [2.24, 2.45) is 0 Å². The summed E-state index contributed by atoms with van der Waals surface area (Å²) in [6.07, 6.45) is 4.49. The number of para-hydroxylation sites is 1. The molecule has 1 fully saturated rings. The van der Waals surface area contributed by atoms with Gasteiger partial charge in [-0.3, -0.25) is 14.5 Å². The lowest BCUT2D eigenvalue weighted by molar-refractivity contribution is -0.139. The maximum absolute atomic E-state index is 13.1. The minimum Gasteiger partial charge on any atom is -0.368 e. The van der Waals surface area contributed by atoms with Gasteiger partial charge in [0.2, 0.25) is 5.91 Å². The number of hydrogen-bond donors (Lipinski definition) is 0. The summed E-state index contributed by atoms with van der Waals surface area (Å²) in [6.45, 7) is 2.10. The number of morpholine rings is 1. The predicted octanol–water partition coefficient (Wildman–Crippen LogP) is 4.15. The van der Waals surface area contributed by atoms with Crippen molar-refractivity contribution in [3.05, 3.63) is 95.7 Å². The molecule has 3 heterocycles. The first kappa shape index (κ1) is 21.3. The Morgan fingerprint density at radius 1 is 1.03 bits per heavy atom. The van der Waals surface area contributed by atoms with E-state index in [1.54, 1.807) is 12.1 Å². The molecule has 33 heavy (non-hydrogen) atoms. The Morgan fingerprint density at radius 2 is 1.85 bits per heavy atom. The van der Waals surface area contributed by atoms with E-state index in [9.17, 15) is 9.18 Å². The second-order valence-electron chi connectivity index (χ2n) is 8.27. The molecule has 168 valence electrons. The molecule has 0 radical (unpaired) electrons. The van der Waals surface area contributed by atoms with Gasteiger partial charge in [0.05, 0.1) is 37.1 Å². The first-order chi connectivity index (χ1) is 16.2. The second-order valence-corrected chi connectivity index (χ2v) is 8.27. The highest BCUT2D eigenvalue weighted by atomic mass is 19.1. The van der Waals surface area contributed by atoms with E-state index in [1.165, 1.54) is 12.1 Å². The fourth-order valence-electron chi connectivity index (χ4n) is 4.19. The van der Waals surface area contributed by atoms with Gasteiger partial charge in [-0.1, -0.05) is 36.4 Å². The minimum absolute atomic E-state index is 0.0933. The van der Waals surface area contributed by atoms with E-state index >= 15 is 0 Å². The predicted molar refractivity (Wildman–Crippen MR) is 123 cm³/mol. The molecule has 0 saturated carbocycles. The summed E-state index contributed by atoms with van der Waals surface area (Å²) in [5, 5.41) is 5.48. The zero-order chi connectivity index (χ0) is 22.6. The molecule has 5 rings (SSSR count). The van der Waals surface area contributed by atoms with Crippen molar-refractivity contribution in [1.29, 1.82) is 0 Å². The summed E-state index contributed by atoms with van der Waals surface area (Å²) in [4.78, 5) is 19.3. The van der Waals surface area contributed by atoms with Gasteiger partial charge in [-0.2, -0.15) is 5.10 Å². The van der Waals surface area contributed by atoms with Crippen LogP contribution in [0.15, 0.2) is 73.1 Å². The maximum Gasteiger partial charge on any atom is 0.224 e. The zero-order valence-corrected chi connectivity index (χ0v) is 18.2. The number of benzene rings is 2. The van der Waals surface area contributed by atoms with Gasteiger partial charge in [0.1, 0.15) is 11.9 Å². The molecular formula is C26H25FN4O2. The Kier molecular flexibility index (Phi) is 6.13. The van der Waals surface area contributed by atoms with E-state index in [2.05, 4.69) is 10.1 Å². The van der Waals surface area contributed by atoms with Crippen LogP contribution in [-0.2, 0) is 22.5 Å². The fraction of sp³-hybridized carbons (Fsp3) is 0.269. The number of carbonyl (C=O) groups is 1. The van der Waals surface area contributed by atoms with Crippen molar-refractivity contribution < 1.29 is 13.9 Å². The summed E-state index contributed by atoms with van der Waals surface area (Å²) >= 11 is 0. The van der Waals surface area contributed by atoms with Gasteiger partial charge in [-0.15, -0.1) is 0 Å². The zero-order valence-electron chi connectivity index (χ0n) is 18.2. The van der Waals surface area contributed by atoms with Crippen LogP contribution in [0, 0.1) is 5.82 Å². The highest BCUT2D eigenvalue weighted by Crippen LogP contribution is 2.22. The molecule has 6 nitrogen and oxygen atoms in total. The van der Waals surface area contributed by atoms with Crippen LogP contribution in [0.25, 0.3) is 10.9 Å². The Balaban J connectivity index is 1.18. The number of hydrogen-bond acceptors (Lipinski definition) is 4. The first-order valence-electron chi connectivity index (χ1n) is 11.1. The molecule has 0 bridgehead atoms. The van der Waals surface area contributed by atoms with Crippen LogP contribution in [0.3, 0.4) is 0 Å². The second kappa shape index (κ2) is 9.50. The highest BCUT2D eigenvalue weighted by Gasteiger charge is 2.26. The maximum atomic E-state index is 13.1. The van der Waals surface area contributed by atoms with Gasteiger partial charge >= 0.3 is 0 Å². The Morgan fingerprint density at radius 3 is 2.67 bits per heavy atom. The SMILES string of the molecule is O=C(CCn1ncc2ccccc21)N1CCO[C@H](c2ccc(Cc3ccc(F)cc3)cn2)C1. The topological polar surface area (TPSA) is 60.2 Å². The van der Waals surface area contributed by atoms with Crippen LogP contribution in [0.4, 0.5) is 4.39 Å². The molecule has 2 aromatic heterocycles. The number of aromatic nitrogens is 3. The van der Waals surface area contributed by atoms with Crippen molar-refractivity contribution in [3.63, 3.8) is 0 Å². The van der Waals surface area contributed by atoms with Gasteiger partial charge in [0.15, 0.2) is 0 Å². The average molecular weight is 445 g/mol. The van der Waals surface area contributed by atoms with Crippen molar-refractivity contribution in [1.82, 2.24) is 19.7 Å². The van der Waals surface area contributed by atoms with Gasteiger partial charge in [-0.25, -0.2) is 4.39 Å². The van der Waals surface area contributed by atoms with Crippen LogP contribution in [0.5, 0.6) is 0 Å². The van der Waals surface area contributed by atoms with Gasteiger partial charge < -0.3 is 9.64 Å². The summed E-state index contributed by atoms with van der Waals surface area (Å²) in [6, 6.07) is 18.5.